The molecule has 2 N–H and O–H groups in total. The minimum atomic E-state index is -0.842. The molecule has 0 spiro atoms. The van der Waals surface area contributed by atoms with Gasteiger partial charge in [0.05, 0.1) is 22.2 Å². The molecule has 0 amide bonds. The molecule has 0 saturated carbocycles. The fraction of sp³-hybridized carbons (Fsp3) is 0.385. The summed E-state index contributed by atoms with van der Waals surface area (Å²) in [7, 11) is 0. The second-order valence-corrected chi connectivity index (χ2v) is 5.39. The largest absolute Gasteiger partial charge is 0.379 e. The molecule has 0 saturated heterocycles. The average Bonchev–Trinajstić information content (AvgIpc) is 2.86. The molecule has 1 aromatic heterocycles. The fourth-order valence-corrected chi connectivity index (χ4v) is 2.20. The molecule has 7 heteroatoms. The second kappa shape index (κ2) is 6.10. The molecule has 1 atom stereocenters. The van der Waals surface area contributed by atoms with Crippen LogP contribution in [0.3, 0.4) is 0 Å². The molecule has 0 aliphatic heterocycles. The molecule has 20 heavy (non-hydrogen) atoms. The molecule has 0 aliphatic rings. The maximum Gasteiger partial charge on any atom is 0.261 e. The van der Waals surface area contributed by atoms with Crippen molar-refractivity contribution in [2.75, 3.05) is 13.2 Å². The molecule has 1 unspecified atom stereocenters. The summed E-state index contributed by atoms with van der Waals surface area (Å²) in [6.45, 7) is 4.51. The molecule has 5 nitrogen and oxygen atoms in total. The monoisotopic (exact) mass is 315 g/mol. The predicted molar refractivity (Wildman–Crippen MR) is 77.8 cm³/mol. The lowest BCUT2D eigenvalue weighted by molar-refractivity contribution is 0.0962. The van der Waals surface area contributed by atoms with Crippen molar-refractivity contribution in [3.05, 3.63) is 34.1 Å². The Bertz CT molecular complexity index is 579. The Morgan fingerprint density at radius 1 is 1.35 bits per heavy atom. The van der Waals surface area contributed by atoms with Crippen molar-refractivity contribution in [2.45, 2.75) is 19.4 Å². The van der Waals surface area contributed by atoms with Crippen LogP contribution in [0.2, 0.25) is 10.0 Å². The number of hydrogen-bond acceptors (Lipinski definition) is 5. The molecule has 0 aliphatic carbocycles. The van der Waals surface area contributed by atoms with E-state index in [9.17, 15) is 0 Å². The van der Waals surface area contributed by atoms with Crippen LogP contribution in [0.1, 0.15) is 19.7 Å². The van der Waals surface area contributed by atoms with Gasteiger partial charge < -0.3 is 15.0 Å². The Labute approximate surface area is 127 Å². The van der Waals surface area contributed by atoms with E-state index >= 15 is 0 Å². The highest BCUT2D eigenvalue weighted by atomic mass is 35.5. The zero-order chi connectivity index (χ0) is 14.8. The predicted octanol–water partition coefficient (Wildman–Crippen LogP) is 3.25. The van der Waals surface area contributed by atoms with Crippen LogP contribution in [0.15, 0.2) is 22.7 Å². The van der Waals surface area contributed by atoms with Crippen molar-refractivity contribution in [3.63, 3.8) is 0 Å². The zero-order valence-electron chi connectivity index (χ0n) is 11.2. The number of benzene rings is 1. The Morgan fingerprint density at radius 2 is 2.00 bits per heavy atom. The third-order valence-corrected chi connectivity index (χ3v) is 3.35. The number of rotatable bonds is 5. The van der Waals surface area contributed by atoms with Crippen LogP contribution in [0, 0.1) is 0 Å². The van der Waals surface area contributed by atoms with E-state index in [1.807, 2.05) is 6.92 Å². The first kappa shape index (κ1) is 15.3. The number of nitrogens with two attached hydrogens (primary N) is 1. The third kappa shape index (κ3) is 3.12. The molecule has 0 bridgehead atoms. The average molecular weight is 316 g/mol. The van der Waals surface area contributed by atoms with Crippen LogP contribution in [0.4, 0.5) is 0 Å². The van der Waals surface area contributed by atoms with Crippen molar-refractivity contribution < 1.29 is 9.26 Å². The molecule has 2 aromatic rings. The lowest BCUT2D eigenvalue weighted by atomic mass is 10.1. The van der Waals surface area contributed by atoms with E-state index in [1.165, 1.54) is 0 Å². The van der Waals surface area contributed by atoms with E-state index in [4.69, 9.17) is 38.2 Å². The smallest absolute Gasteiger partial charge is 0.261 e. The summed E-state index contributed by atoms with van der Waals surface area (Å²) in [4.78, 5) is 4.28. The van der Waals surface area contributed by atoms with Gasteiger partial charge in [0.2, 0.25) is 0 Å². The summed E-state index contributed by atoms with van der Waals surface area (Å²) in [5.74, 6) is 0.584. The molecule has 0 fully saturated rings. The Hall–Kier alpha value is -1.14. The number of nitrogens with zero attached hydrogens (tertiary/aromatic N) is 2. The lowest BCUT2D eigenvalue weighted by Crippen LogP contribution is -2.39. The summed E-state index contributed by atoms with van der Waals surface area (Å²) < 4.78 is 10.5. The highest BCUT2D eigenvalue weighted by Crippen LogP contribution is 2.34. The maximum atomic E-state index is 6.12. The molecule has 0 radical (unpaired) electrons. The van der Waals surface area contributed by atoms with Gasteiger partial charge in [0.1, 0.15) is 5.54 Å². The Kier molecular flexibility index (Phi) is 4.65. The number of halogens is 2. The normalized spacial score (nSPS) is 14.2. The van der Waals surface area contributed by atoms with Crippen molar-refractivity contribution in [1.82, 2.24) is 10.1 Å². The highest BCUT2D eigenvalue weighted by Gasteiger charge is 2.29. The summed E-state index contributed by atoms with van der Waals surface area (Å²) in [6.07, 6.45) is 0. The van der Waals surface area contributed by atoms with Crippen LogP contribution < -0.4 is 5.73 Å². The number of ether oxygens (including phenoxy) is 1. The van der Waals surface area contributed by atoms with Crippen LogP contribution in [-0.2, 0) is 10.3 Å². The molecule has 2 rings (SSSR count). The van der Waals surface area contributed by atoms with Gasteiger partial charge in [-0.1, -0.05) is 34.4 Å². The Balaban J connectivity index is 2.34. The van der Waals surface area contributed by atoms with E-state index in [-0.39, 0.29) is 5.89 Å². The number of hydrogen-bond donors (Lipinski definition) is 1. The molecule has 1 heterocycles. The topological polar surface area (TPSA) is 74.2 Å². The third-order valence-electron chi connectivity index (χ3n) is 2.72. The minimum Gasteiger partial charge on any atom is -0.379 e. The van der Waals surface area contributed by atoms with E-state index in [1.54, 1.807) is 25.1 Å². The molecular weight excluding hydrogens is 301 g/mol. The van der Waals surface area contributed by atoms with Gasteiger partial charge >= 0.3 is 0 Å². The molecule has 108 valence electrons. The van der Waals surface area contributed by atoms with Gasteiger partial charge in [0.25, 0.3) is 5.89 Å². The van der Waals surface area contributed by atoms with Gasteiger partial charge in [-0.25, -0.2) is 0 Å². The van der Waals surface area contributed by atoms with Crippen molar-refractivity contribution in [1.29, 1.82) is 0 Å². The van der Waals surface area contributed by atoms with E-state index < -0.39 is 5.54 Å². The van der Waals surface area contributed by atoms with Crippen LogP contribution in [0.5, 0.6) is 0 Å². The summed E-state index contributed by atoms with van der Waals surface area (Å²) >= 11 is 12.2. The van der Waals surface area contributed by atoms with Gasteiger partial charge in [-0.05, 0) is 26.0 Å². The SMILES string of the molecule is CCOCC(C)(N)c1noc(-c2c(Cl)cccc2Cl)n1. The first-order valence-electron chi connectivity index (χ1n) is 6.11. The van der Waals surface area contributed by atoms with Crippen LogP contribution in [0.25, 0.3) is 11.5 Å². The van der Waals surface area contributed by atoms with Gasteiger partial charge in [0.15, 0.2) is 5.82 Å². The molecule has 1 aromatic carbocycles. The second-order valence-electron chi connectivity index (χ2n) is 4.57. The van der Waals surface area contributed by atoms with Gasteiger partial charge in [0, 0.05) is 6.61 Å². The minimum absolute atomic E-state index is 0.240. The summed E-state index contributed by atoms with van der Waals surface area (Å²) in [6, 6.07) is 5.15. The first-order valence-corrected chi connectivity index (χ1v) is 6.86. The molecular formula is C13H15Cl2N3O2. The van der Waals surface area contributed by atoms with Crippen molar-refractivity contribution in [3.8, 4) is 11.5 Å². The van der Waals surface area contributed by atoms with Gasteiger partial charge in [-0.2, -0.15) is 4.98 Å². The van der Waals surface area contributed by atoms with E-state index in [0.29, 0.717) is 34.6 Å². The van der Waals surface area contributed by atoms with E-state index in [2.05, 4.69) is 10.1 Å². The standard InChI is InChI=1S/C13H15Cl2N3O2/c1-3-19-7-13(2,16)12-17-11(20-18-12)10-8(14)5-4-6-9(10)15/h4-6H,3,7,16H2,1-2H3. The van der Waals surface area contributed by atoms with Crippen molar-refractivity contribution in [2.24, 2.45) is 5.73 Å². The Morgan fingerprint density at radius 3 is 2.60 bits per heavy atom. The quantitative estimate of drug-likeness (QED) is 0.916. The van der Waals surface area contributed by atoms with Crippen LogP contribution in [-0.4, -0.2) is 23.4 Å². The first-order chi connectivity index (χ1) is 9.45. The summed E-state index contributed by atoms with van der Waals surface area (Å²) in [5.41, 5.74) is 5.78. The summed E-state index contributed by atoms with van der Waals surface area (Å²) in [5, 5.41) is 4.77. The van der Waals surface area contributed by atoms with Gasteiger partial charge in [-0.3, -0.25) is 0 Å². The zero-order valence-corrected chi connectivity index (χ0v) is 12.7. The van der Waals surface area contributed by atoms with E-state index in [0.717, 1.165) is 0 Å². The maximum absolute atomic E-state index is 6.12. The van der Waals surface area contributed by atoms with Crippen LogP contribution >= 0.6 is 23.2 Å². The number of aromatic nitrogens is 2. The van der Waals surface area contributed by atoms with Crippen molar-refractivity contribution >= 4 is 23.2 Å². The lowest BCUT2D eigenvalue weighted by Gasteiger charge is -2.19. The highest BCUT2D eigenvalue weighted by molar-refractivity contribution is 6.38. The van der Waals surface area contributed by atoms with Gasteiger partial charge in [-0.15, -0.1) is 0 Å². The fourth-order valence-electron chi connectivity index (χ4n) is 1.64.